The van der Waals surface area contributed by atoms with Crippen molar-refractivity contribution in [3.8, 4) is 5.75 Å². The van der Waals surface area contributed by atoms with E-state index in [1.807, 2.05) is 0 Å². The molecule has 0 radical (unpaired) electrons. The van der Waals surface area contributed by atoms with Crippen LogP contribution in [0.4, 0.5) is 0 Å². The van der Waals surface area contributed by atoms with E-state index in [9.17, 15) is 14.7 Å². The van der Waals surface area contributed by atoms with Crippen LogP contribution in [0.15, 0.2) is 18.2 Å². The highest BCUT2D eigenvalue weighted by Crippen LogP contribution is 2.33. The van der Waals surface area contributed by atoms with Crippen molar-refractivity contribution in [2.45, 2.75) is 44.2 Å². The van der Waals surface area contributed by atoms with Gasteiger partial charge in [-0.25, -0.2) is 4.79 Å². The van der Waals surface area contributed by atoms with Gasteiger partial charge in [-0.1, -0.05) is 42.1 Å². The molecular formula is C15H17Cl2NO4. The molecule has 0 aliphatic heterocycles. The largest absolute Gasteiger partial charge is 0.480 e. The summed E-state index contributed by atoms with van der Waals surface area (Å²) in [5, 5.41) is 12.5. The third-order valence-corrected chi connectivity index (χ3v) is 4.62. The van der Waals surface area contributed by atoms with Gasteiger partial charge in [-0.2, -0.15) is 0 Å². The molecule has 1 fully saturated rings. The van der Waals surface area contributed by atoms with Crippen LogP contribution in [0.5, 0.6) is 5.75 Å². The summed E-state index contributed by atoms with van der Waals surface area (Å²) in [7, 11) is 0. The molecule has 0 spiro atoms. The molecule has 0 aromatic heterocycles. The molecule has 1 saturated carbocycles. The number of nitrogens with one attached hydrogen (secondary N) is 1. The van der Waals surface area contributed by atoms with Crippen LogP contribution in [-0.2, 0) is 9.59 Å². The van der Waals surface area contributed by atoms with E-state index in [2.05, 4.69) is 5.32 Å². The number of carboxylic acids is 1. The van der Waals surface area contributed by atoms with Crippen molar-refractivity contribution in [1.82, 2.24) is 5.32 Å². The first-order valence-electron chi connectivity index (χ1n) is 7.02. The average molecular weight is 346 g/mol. The van der Waals surface area contributed by atoms with Crippen molar-refractivity contribution in [2.24, 2.45) is 0 Å². The first-order chi connectivity index (χ1) is 10.4. The maximum Gasteiger partial charge on any atom is 0.329 e. The Kier molecular flexibility index (Phi) is 5.19. The van der Waals surface area contributed by atoms with Gasteiger partial charge in [0.05, 0.1) is 5.02 Å². The number of benzene rings is 1. The number of amides is 1. The van der Waals surface area contributed by atoms with Gasteiger partial charge in [0.15, 0.2) is 6.10 Å². The van der Waals surface area contributed by atoms with Crippen molar-refractivity contribution < 1.29 is 19.4 Å². The quantitative estimate of drug-likeness (QED) is 0.858. The van der Waals surface area contributed by atoms with Crippen LogP contribution in [0, 0.1) is 0 Å². The SMILES string of the molecule is CC(Oc1cccc(Cl)c1Cl)C(=O)NC1(C(=O)O)CCCC1. The van der Waals surface area contributed by atoms with Crippen LogP contribution in [0.2, 0.25) is 10.0 Å². The Balaban J connectivity index is 2.06. The molecular weight excluding hydrogens is 329 g/mol. The third-order valence-electron chi connectivity index (χ3n) is 3.82. The van der Waals surface area contributed by atoms with E-state index in [1.54, 1.807) is 18.2 Å². The monoisotopic (exact) mass is 345 g/mol. The molecule has 1 unspecified atom stereocenters. The summed E-state index contributed by atoms with van der Waals surface area (Å²) in [5.41, 5.74) is -1.19. The molecule has 1 aliphatic carbocycles. The average Bonchev–Trinajstić information content (AvgIpc) is 2.93. The second-order valence-corrected chi connectivity index (χ2v) is 6.18. The predicted molar refractivity (Wildman–Crippen MR) is 83.5 cm³/mol. The molecule has 1 aromatic rings. The van der Waals surface area contributed by atoms with E-state index in [0.29, 0.717) is 17.9 Å². The van der Waals surface area contributed by atoms with Crippen LogP contribution < -0.4 is 10.1 Å². The summed E-state index contributed by atoms with van der Waals surface area (Å²) in [6.07, 6.45) is 1.54. The number of carboxylic acid groups (broad SMARTS) is 1. The second kappa shape index (κ2) is 6.75. The maximum absolute atomic E-state index is 12.2. The number of carbonyl (C=O) groups is 2. The fourth-order valence-electron chi connectivity index (χ4n) is 2.53. The van der Waals surface area contributed by atoms with Crippen LogP contribution >= 0.6 is 23.2 Å². The number of halogens is 2. The zero-order chi connectivity index (χ0) is 16.3. The predicted octanol–water partition coefficient (Wildman–Crippen LogP) is 3.27. The van der Waals surface area contributed by atoms with Crippen molar-refractivity contribution in [1.29, 1.82) is 0 Å². The highest BCUT2D eigenvalue weighted by Gasteiger charge is 2.43. The van der Waals surface area contributed by atoms with Crippen molar-refractivity contribution in [3.05, 3.63) is 28.2 Å². The first kappa shape index (κ1) is 16.9. The molecule has 22 heavy (non-hydrogen) atoms. The number of hydrogen-bond donors (Lipinski definition) is 2. The van der Waals surface area contributed by atoms with Crippen LogP contribution in [0.1, 0.15) is 32.6 Å². The summed E-state index contributed by atoms with van der Waals surface area (Å²) in [4.78, 5) is 23.7. The zero-order valence-electron chi connectivity index (χ0n) is 12.1. The van der Waals surface area contributed by atoms with Gasteiger partial charge in [-0.05, 0) is 31.9 Å². The highest BCUT2D eigenvalue weighted by atomic mass is 35.5. The van der Waals surface area contributed by atoms with Crippen molar-refractivity contribution >= 4 is 35.1 Å². The number of carbonyl (C=O) groups excluding carboxylic acids is 1. The molecule has 0 bridgehead atoms. The molecule has 1 atom stereocenters. The smallest absolute Gasteiger partial charge is 0.329 e. The standard InChI is InChI=1S/C15H17Cl2NO4/c1-9(22-11-6-4-5-10(16)12(11)17)13(19)18-15(14(20)21)7-2-3-8-15/h4-6,9H,2-3,7-8H2,1H3,(H,18,19)(H,20,21). The van der Waals surface area contributed by atoms with E-state index in [0.717, 1.165) is 12.8 Å². The molecule has 1 aromatic carbocycles. The van der Waals surface area contributed by atoms with Gasteiger partial charge >= 0.3 is 5.97 Å². The Morgan fingerprint density at radius 1 is 1.32 bits per heavy atom. The number of aliphatic carboxylic acids is 1. The van der Waals surface area contributed by atoms with E-state index < -0.39 is 23.5 Å². The van der Waals surface area contributed by atoms with Gasteiger partial charge in [0.1, 0.15) is 16.3 Å². The van der Waals surface area contributed by atoms with E-state index in [4.69, 9.17) is 27.9 Å². The summed E-state index contributed by atoms with van der Waals surface area (Å²) in [6, 6.07) is 4.86. The summed E-state index contributed by atoms with van der Waals surface area (Å²) >= 11 is 11.9. The zero-order valence-corrected chi connectivity index (χ0v) is 13.6. The van der Waals surface area contributed by atoms with Gasteiger partial charge < -0.3 is 15.2 Å². The summed E-state index contributed by atoms with van der Waals surface area (Å²) in [5.74, 6) is -1.21. The van der Waals surface area contributed by atoms with Gasteiger partial charge in [0, 0.05) is 0 Å². The fourth-order valence-corrected chi connectivity index (χ4v) is 2.86. The van der Waals surface area contributed by atoms with E-state index in [-0.39, 0.29) is 10.8 Å². The lowest BCUT2D eigenvalue weighted by Gasteiger charge is -2.27. The molecule has 2 rings (SSSR count). The van der Waals surface area contributed by atoms with Gasteiger partial charge in [0.25, 0.3) is 5.91 Å². The molecule has 7 heteroatoms. The van der Waals surface area contributed by atoms with Crippen LogP contribution in [0.3, 0.4) is 0 Å². The highest BCUT2D eigenvalue weighted by molar-refractivity contribution is 6.42. The number of rotatable bonds is 5. The molecule has 5 nitrogen and oxygen atoms in total. The van der Waals surface area contributed by atoms with Gasteiger partial charge in [0.2, 0.25) is 0 Å². The Hall–Kier alpha value is -1.46. The number of hydrogen-bond acceptors (Lipinski definition) is 3. The lowest BCUT2D eigenvalue weighted by Crippen LogP contribution is -2.55. The minimum atomic E-state index is -1.19. The molecule has 120 valence electrons. The first-order valence-corrected chi connectivity index (χ1v) is 7.77. The molecule has 1 amide bonds. The van der Waals surface area contributed by atoms with E-state index >= 15 is 0 Å². The van der Waals surface area contributed by atoms with Crippen molar-refractivity contribution in [2.75, 3.05) is 0 Å². The molecule has 0 heterocycles. The van der Waals surface area contributed by atoms with Gasteiger partial charge in [-0.3, -0.25) is 4.79 Å². The van der Waals surface area contributed by atoms with E-state index in [1.165, 1.54) is 6.92 Å². The molecule has 1 aliphatic rings. The summed E-state index contributed by atoms with van der Waals surface area (Å²) < 4.78 is 5.50. The fraction of sp³-hybridized carbons (Fsp3) is 0.467. The van der Waals surface area contributed by atoms with Crippen LogP contribution in [-0.4, -0.2) is 28.6 Å². The second-order valence-electron chi connectivity index (χ2n) is 5.40. The minimum absolute atomic E-state index is 0.220. The maximum atomic E-state index is 12.2. The third kappa shape index (κ3) is 3.47. The number of ether oxygens (including phenoxy) is 1. The summed E-state index contributed by atoms with van der Waals surface area (Å²) in [6.45, 7) is 1.54. The molecule has 2 N–H and O–H groups in total. The van der Waals surface area contributed by atoms with Crippen molar-refractivity contribution in [3.63, 3.8) is 0 Å². The Morgan fingerprint density at radius 3 is 2.55 bits per heavy atom. The normalized spacial score (nSPS) is 17.8. The minimum Gasteiger partial charge on any atom is -0.480 e. The van der Waals surface area contributed by atoms with Crippen LogP contribution in [0.25, 0.3) is 0 Å². The lowest BCUT2D eigenvalue weighted by molar-refractivity contribution is -0.148. The Morgan fingerprint density at radius 2 is 1.95 bits per heavy atom. The Labute approximate surface area is 138 Å². The van der Waals surface area contributed by atoms with Gasteiger partial charge in [-0.15, -0.1) is 0 Å². The molecule has 0 saturated heterocycles. The lowest BCUT2D eigenvalue weighted by atomic mass is 9.97. The topological polar surface area (TPSA) is 75.6 Å². The Bertz CT molecular complexity index is 585.